The van der Waals surface area contributed by atoms with Gasteiger partial charge < -0.3 is 14.8 Å². The molecule has 1 N–H and O–H groups in total. The van der Waals surface area contributed by atoms with Crippen LogP contribution in [0.15, 0.2) is 42.5 Å². The molecule has 2 unspecified atom stereocenters. The summed E-state index contributed by atoms with van der Waals surface area (Å²) >= 11 is 5.74. The first-order chi connectivity index (χ1) is 13.4. The molecule has 9 heteroatoms. The maximum atomic E-state index is 12.5. The van der Waals surface area contributed by atoms with Crippen LogP contribution in [0, 0.1) is 10.1 Å². The second-order valence-electron chi connectivity index (χ2n) is 6.20. The Hall–Kier alpha value is -3.13. The Bertz CT molecular complexity index is 932. The normalized spacial score (nSPS) is 16.3. The molecule has 1 heterocycles. The monoisotopic (exact) mass is 404 g/mol. The van der Waals surface area contributed by atoms with Gasteiger partial charge in [-0.3, -0.25) is 14.9 Å². The van der Waals surface area contributed by atoms with Gasteiger partial charge >= 0.3 is 5.97 Å². The molecule has 3 rings (SSSR count). The summed E-state index contributed by atoms with van der Waals surface area (Å²) in [7, 11) is 0. The smallest absolute Gasteiger partial charge is 0.345 e. The van der Waals surface area contributed by atoms with Crippen LogP contribution in [0.1, 0.15) is 35.3 Å². The quantitative estimate of drug-likeness (QED) is 0.464. The van der Waals surface area contributed by atoms with Gasteiger partial charge in [-0.2, -0.15) is 0 Å². The number of esters is 1. The highest BCUT2D eigenvalue weighted by molar-refractivity contribution is 6.31. The lowest BCUT2D eigenvalue weighted by molar-refractivity contribution is -0.385. The average molecular weight is 405 g/mol. The standard InChI is InChI=1S/C19H17ClN2O6/c1-11(28-19(24)14-7-6-12(20)10-16(14)22(25)26)18(23)21-15-8-9-27-17-5-3-2-4-13(15)17/h2-7,10-11,15H,8-9H2,1H3,(H,21,23). The largest absolute Gasteiger partial charge is 0.493 e. The van der Waals surface area contributed by atoms with E-state index in [0.717, 1.165) is 11.6 Å². The molecule has 146 valence electrons. The molecule has 0 saturated carbocycles. The number of hydrogen-bond donors (Lipinski definition) is 1. The van der Waals surface area contributed by atoms with Crippen molar-refractivity contribution in [3.8, 4) is 5.75 Å². The van der Waals surface area contributed by atoms with Crippen LogP contribution in [0.3, 0.4) is 0 Å². The second kappa shape index (κ2) is 8.26. The van der Waals surface area contributed by atoms with Gasteiger partial charge in [-0.05, 0) is 25.1 Å². The number of halogens is 1. The zero-order valence-corrected chi connectivity index (χ0v) is 15.6. The second-order valence-corrected chi connectivity index (χ2v) is 6.64. The minimum Gasteiger partial charge on any atom is -0.493 e. The van der Waals surface area contributed by atoms with Crippen LogP contribution in [0.4, 0.5) is 5.69 Å². The Labute approximate surface area is 165 Å². The van der Waals surface area contributed by atoms with E-state index >= 15 is 0 Å². The fourth-order valence-electron chi connectivity index (χ4n) is 2.89. The van der Waals surface area contributed by atoms with E-state index in [1.54, 1.807) is 0 Å². The van der Waals surface area contributed by atoms with Crippen LogP contribution in [-0.4, -0.2) is 29.5 Å². The number of nitro groups is 1. The van der Waals surface area contributed by atoms with Crippen molar-refractivity contribution >= 4 is 29.2 Å². The zero-order chi connectivity index (χ0) is 20.3. The number of benzene rings is 2. The Morgan fingerprint density at radius 1 is 1.32 bits per heavy atom. The lowest BCUT2D eigenvalue weighted by Crippen LogP contribution is -2.39. The number of para-hydroxylation sites is 1. The number of carbonyl (C=O) groups excluding carboxylic acids is 2. The van der Waals surface area contributed by atoms with Gasteiger partial charge in [-0.15, -0.1) is 0 Å². The Morgan fingerprint density at radius 2 is 2.07 bits per heavy atom. The predicted octanol–water partition coefficient (Wildman–Crippen LogP) is 3.43. The molecule has 0 aliphatic carbocycles. The predicted molar refractivity (Wildman–Crippen MR) is 100 cm³/mol. The molecule has 0 saturated heterocycles. The van der Waals surface area contributed by atoms with Crippen molar-refractivity contribution in [3.63, 3.8) is 0 Å². The highest BCUT2D eigenvalue weighted by atomic mass is 35.5. The van der Waals surface area contributed by atoms with Gasteiger partial charge in [0.2, 0.25) is 0 Å². The SMILES string of the molecule is CC(OC(=O)c1ccc(Cl)cc1[N+](=O)[O-])C(=O)NC1CCOc2ccccc21. The van der Waals surface area contributed by atoms with Gasteiger partial charge in [0.1, 0.15) is 11.3 Å². The summed E-state index contributed by atoms with van der Waals surface area (Å²) in [6, 6.07) is 10.7. The van der Waals surface area contributed by atoms with E-state index in [2.05, 4.69) is 5.32 Å². The first-order valence-corrected chi connectivity index (χ1v) is 8.91. The molecule has 0 bridgehead atoms. The van der Waals surface area contributed by atoms with E-state index in [0.29, 0.717) is 18.8 Å². The van der Waals surface area contributed by atoms with Crippen LogP contribution in [0.2, 0.25) is 5.02 Å². The number of nitrogens with one attached hydrogen (secondary N) is 1. The summed E-state index contributed by atoms with van der Waals surface area (Å²) in [5, 5.41) is 14.1. The minimum absolute atomic E-state index is 0.118. The van der Waals surface area contributed by atoms with Crippen LogP contribution < -0.4 is 10.1 Å². The molecule has 0 fully saturated rings. The lowest BCUT2D eigenvalue weighted by Gasteiger charge is -2.27. The molecule has 1 aliphatic heterocycles. The molecule has 2 atom stereocenters. The Kier molecular flexibility index (Phi) is 5.79. The third-order valence-electron chi connectivity index (χ3n) is 4.30. The summed E-state index contributed by atoms with van der Waals surface area (Å²) < 4.78 is 10.7. The number of carbonyl (C=O) groups is 2. The van der Waals surface area contributed by atoms with E-state index in [-0.39, 0.29) is 16.6 Å². The molecule has 0 aromatic heterocycles. The van der Waals surface area contributed by atoms with E-state index in [1.165, 1.54) is 19.1 Å². The molecule has 0 radical (unpaired) electrons. The number of fused-ring (bicyclic) bond motifs is 1. The van der Waals surface area contributed by atoms with Crippen molar-refractivity contribution in [1.29, 1.82) is 0 Å². The summed E-state index contributed by atoms with van der Waals surface area (Å²) in [5.74, 6) is -0.787. The van der Waals surface area contributed by atoms with Crippen molar-refractivity contribution in [1.82, 2.24) is 5.32 Å². The molecule has 0 spiro atoms. The third kappa shape index (κ3) is 4.23. The molecular formula is C19H17ClN2O6. The third-order valence-corrected chi connectivity index (χ3v) is 4.54. The number of nitrogens with zero attached hydrogens (tertiary/aromatic N) is 1. The molecular weight excluding hydrogens is 388 g/mol. The van der Waals surface area contributed by atoms with Gasteiger partial charge in [0.25, 0.3) is 11.6 Å². The van der Waals surface area contributed by atoms with Crippen molar-refractivity contribution in [3.05, 3.63) is 68.7 Å². The average Bonchev–Trinajstić information content (AvgIpc) is 2.68. The topological polar surface area (TPSA) is 108 Å². The summed E-state index contributed by atoms with van der Waals surface area (Å²) in [6.45, 7) is 1.85. The Morgan fingerprint density at radius 3 is 2.82 bits per heavy atom. The molecule has 2 aromatic rings. The number of amides is 1. The van der Waals surface area contributed by atoms with Gasteiger partial charge in [-0.25, -0.2) is 4.79 Å². The van der Waals surface area contributed by atoms with Crippen LogP contribution in [0.25, 0.3) is 0 Å². The minimum atomic E-state index is -1.14. The highest BCUT2D eigenvalue weighted by Gasteiger charge is 2.28. The van der Waals surface area contributed by atoms with Crippen LogP contribution >= 0.6 is 11.6 Å². The summed E-state index contributed by atoms with van der Waals surface area (Å²) in [5.41, 5.74) is 0.0860. The first-order valence-electron chi connectivity index (χ1n) is 8.54. The fraction of sp³-hybridized carbons (Fsp3) is 0.263. The molecule has 28 heavy (non-hydrogen) atoms. The molecule has 8 nitrogen and oxygen atoms in total. The van der Waals surface area contributed by atoms with E-state index in [1.807, 2.05) is 24.3 Å². The number of hydrogen-bond acceptors (Lipinski definition) is 6. The summed E-state index contributed by atoms with van der Waals surface area (Å²) in [6.07, 6.45) is -0.565. The molecule has 2 aromatic carbocycles. The summed E-state index contributed by atoms with van der Waals surface area (Å²) in [4.78, 5) is 35.2. The first kappa shape index (κ1) is 19.6. The van der Waals surface area contributed by atoms with Crippen molar-refractivity contribution in [2.45, 2.75) is 25.5 Å². The number of ether oxygens (including phenoxy) is 2. The van der Waals surface area contributed by atoms with Gasteiger partial charge in [0.05, 0.1) is 17.6 Å². The van der Waals surface area contributed by atoms with Crippen LogP contribution in [-0.2, 0) is 9.53 Å². The number of nitro benzene ring substituents is 1. The Balaban J connectivity index is 1.69. The maximum Gasteiger partial charge on any atom is 0.345 e. The molecule has 1 amide bonds. The van der Waals surface area contributed by atoms with E-state index < -0.39 is 28.6 Å². The van der Waals surface area contributed by atoms with Gasteiger partial charge in [0, 0.05) is 23.1 Å². The van der Waals surface area contributed by atoms with E-state index in [9.17, 15) is 19.7 Å². The van der Waals surface area contributed by atoms with Crippen LogP contribution in [0.5, 0.6) is 5.75 Å². The van der Waals surface area contributed by atoms with Gasteiger partial charge in [-0.1, -0.05) is 29.8 Å². The fourth-order valence-corrected chi connectivity index (χ4v) is 3.05. The zero-order valence-electron chi connectivity index (χ0n) is 14.9. The van der Waals surface area contributed by atoms with Gasteiger partial charge in [0.15, 0.2) is 6.10 Å². The lowest BCUT2D eigenvalue weighted by atomic mass is 10.0. The van der Waals surface area contributed by atoms with Crippen molar-refractivity contribution < 1.29 is 24.0 Å². The van der Waals surface area contributed by atoms with E-state index in [4.69, 9.17) is 21.1 Å². The number of rotatable bonds is 5. The van der Waals surface area contributed by atoms with Crippen molar-refractivity contribution in [2.24, 2.45) is 0 Å². The highest BCUT2D eigenvalue weighted by Crippen LogP contribution is 2.31. The van der Waals surface area contributed by atoms with Crippen molar-refractivity contribution in [2.75, 3.05) is 6.61 Å². The maximum absolute atomic E-state index is 12.5. The molecule has 1 aliphatic rings.